The van der Waals surface area contributed by atoms with Crippen molar-refractivity contribution in [3.8, 4) is 0 Å². The van der Waals surface area contributed by atoms with E-state index < -0.39 is 0 Å². The van der Waals surface area contributed by atoms with Crippen LogP contribution in [0.15, 0.2) is 29.3 Å². The molecule has 0 unspecified atom stereocenters. The van der Waals surface area contributed by atoms with Crippen LogP contribution in [0.2, 0.25) is 0 Å². The zero-order chi connectivity index (χ0) is 23.7. The molecule has 0 spiro atoms. The number of anilines is 1. The summed E-state index contributed by atoms with van der Waals surface area (Å²) < 4.78 is 0. The first-order valence-electron chi connectivity index (χ1n) is 10.1. The van der Waals surface area contributed by atoms with E-state index in [2.05, 4.69) is 20.6 Å². The molecule has 0 aliphatic heterocycles. The van der Waals surface area contributed by atoms with E-state index >= 15 is 0 Å². The summed E-state index contributed by atoms with van der Waals surface area (Å²) in [7, 11) is 3.39. The topological polar surface area (TPSA) is 156 Å². The van der Waals surface area contributed by atoms with E-state index in [0.29, 0.717) is 53.6 Å². The molecule has 0 saturated heterocycles. The van der Waals surface area contributed by atoms with E-state index in [1.807, 2.05) is 24.3 Å². The fourth-order valence-electron chi connectivity index (χ4n) is 2.80. The lowest BCUT2D eigenvalue weighted by Gasteiger charge is -2.10. The predicted octanol–water partition coefficient (Wildman–Crippen LogP) is 1.81. The average Bonchev–Trinajstić information content (AvgIpc) is 3.11. The molecule has 10 nitrogen and oxygen atoms in total. The van der Waals surface area contributed by atoms with E-state index in [9.17, 15) is 14.4 Å². The van der Waals surface area contributed by atoms with Crippen molar-refractivity contribution in [1.82, 2.24) is 15.2 Å². The van der Waals surface area contributed by atoms with Crippen LogP contribution in [-0.2, 0) is 22.4 Å². The van der Waals surface area contributed by atoms with Gasteiger partial charge in [0.25, 0.3) is 5.91 Å². The Morgan fingerprint density at radius 1 is 1.12 bits per heavy atom. The Hall–Kier alpha value is -3.18. The van der Waals surface area contributed by atoms with Crippen molar-refractivity contribution in [3.05, 3.63) is 40.4 Å². The molecule has 0 aliphatic rings. The fraction of sp³-hybridized carbons (Fsp3) is 0.381. The summed E-state index contributed by atoms with van der Waals surface area (Å²) in [5.41, 5.74) is 13.1. The standard InChI is InChI=1S/C21H29N7O3S.ClH/c1-13(29)25-21-27-16(11-8-14-6-9-15(10-7-14)26-20(22)23)18(32-21)19(31)24-12-4-5-17(30)28(2)3;/h6-7,9-10H,4-5,8,11-12H2,1-3H3,(H,24,31)(H4,22,23,26)(H,25,27,29);1H. The first-order chi connectivity index (χ1) is 15.2. The van der Waals surface area contributed by atoms with Crippen LogP contribution < -0.4 is 22.1 Å². The molecule has 2 aromatic rings. The highest BCUT2D eigenvalue weighted by molar-refractivity contribution is 7.17. The third-order valence-corrected chi connectivity index (χ3v) is 5.40. The minimum absolute atomic E-state index is 0. The van der Waals surface area contributed by atoms with Gasteiger partial charge in [-0.25, -0.2) is 9.98 Å². The highest BCUT2D eigenvalue weighted by Gasteiger charge is 2.18. The molecule has 12 heteroatoms. The number of aromatic nitrogens is 1. The number of halogens is 1. The van der Waals surface area contributed by atoms with Gasteiger partial charge in [-0.2, -0.15) is 0 Å². The van der Waals surface area contributed by atoms with Crippen LogP contribution >= 0.6 is 23.7 Å². The summed E-state index contributed by atoms with van der Waals surface area (Å²) in [5.74, 6) is -0.520. The summed E-state index contributed by atoms with van der Waals surface area (Å²) in [4.78, 5) is 46.2. The van der Waals surface area contributed by atoms with Gasteiger partial charge in [0.2, 0.25) is 11.8 Å². The van der Waals surface area contributed by atoms with E-state index in [4.69, 9.17) is 11.5 Å². The monoisotopic (exact) mass is 495 g/mol. The zero-order valence-electron chi connectivity index (χ0n) is 18.9. The molecule has 1 aromatic heterocycles. The van der Waals surface area contributed by atoms with Crippen LogP contribution in [-0.4, -0.2) is 54.2 Å². The Bertz CT molecular complexity index is 986. The predicted molar refractivity (Wildman–Crippen MR) is 133 cm³/mol. The van der Waals surface area contributed by atoms with Gasteiger partial charge in [0.1, 0.15) is 4.88 Å². The van der Waals surface area contributed by atoms with Crippen molar-refractivity contribution in [2.75, 3.05) is 26.0 Å². The Morgan fingerprint density at radius 3 is 2.36 bits per heavy atom. The number of nitrogens with two attached hydrogens (primary N) is 2. The van der Waals surface area contributed by atoms with Crippen LogP contribution in [0.5, 0.6) is 0 Å². The van der Waals surface area contributed by atoms with E-state index in [-0.39, 0.29) is 36.1 Å². The number of nitrogens with zero attached hydrogens (tertiary/aromatic N) is 3. The van der Waals surface area contributed by atoms with Crippen molar-refractivity contribution >= 4 is 58.2 Å². The third kappa shape index (κ3) is 9.46. The van der Waals surface area contributed by atoms with Gasteiger partial charge in [0.05, 0.1) is 11.4 Å². The minimum Gasteiger partial charge on any atom is -0.370 e. The maximum Gasteiger partial charge on any atom is 0.263 e. The largest absolute Gasteiger partial charge is 0.370 e. The van der Waals surface area contributed by atoms with Crippen molar-refractivity contribution in [3.63, 3.8) is 0 Å². The Morgan fingerprint density at radius 2 is 1.79 bits per heavy atom. The molecule has 1 heterocycles. The second kappa shape index (κ2) is 13.4. The van der Waals surface area contributed by atoms with Gasteiger partial charge in [0.15, 0.2) is 11.1 Å². The molecule has 0 saturated carbocycles. The van der Waals surface area contributed by atoms with Gasteiger partial charge >= 0.3 is 0 Å². The van der Waals surface area contributed by atoms with Crippen molar-refractivity contribution in [2.45, 2.75) is 32.6 Å². The van der Waals surface area contributed by atoms with E-state index in [1.165, 1.54) is 11.8 Å². The maximum absolute atomic E-state index is 12.7. The number of carbonyl (C=O) groups excluding carboxylic acids is 3. The third-order valence-electron chi connectivity index (χ3n) is 4.38. The second-order valence-electron chi connectivity index (χ2n) is 7.33. The van der Waals surface area contributed by atoms with Gasteiger partial charge in [-0.05, 0) is 37.0 Å². The first kappa shape index (κ1) is 27.9. The molecule has 0 fully saturated rings. The van der Waals surface area contributed by atoms with Crippen LogP contribution in [0.25, 0.3) is 0 Å². The number of carbonyl (C=O) groups is 3. The van der Waals surface area contributed by atoms with Crippen LogP contribution in [0.3, 0.4) is 0 Å². The summed E-state index contributed by atoms with van der Waals surface area (Å²) in [6.07, 6.45) is 2.05. The number of aliphatic imine (C=N–C) groups is 1. The number of hydrogen-bond donors (Lipinski definition) is 4. The molecule has 0 atom stereocenters. The number of aryl methyl sites for hydroxylation is 2. The van der Waals surface area contributed by atoms with Gasteiger partial charge in [-0.15, -0.1) is 12.4 Å². The van der Waals surface area contributed by atoms with Crippen LogP contribution in [0.4, 0.5) is 10.8 Å². The van der Waals surface area contributed by atoms with Gasteiger partial charge in [0, 0.05) is 34.0 Å². The lowest BCUT2D eigenvalue weighted by Crippen LogP contribution is -2.27. The molecule has 0 bridgehead atoms. The number of nitrogens with one attached hydrogen (secondary N) is 2. The smallest absolute Gasteiger partial charge is 0.263 e. The molecule has 0 radical (unpaired) electrons. The Kier molecular flexibility index (Phi) is 11.3. The van der Waals surface area contributed by atoms with Crippen molar-refractivity contribution in [1.29, 1.82) is 0 Å². The molecule has 1 aromatic carbocycles. The molecular formula is C21H30ClN7O3S. The molecule has 33 heavy (non-hydrogen) atoms. The molecule has 3 amide bonds. The number of benzene rings is 1. The summed E-state index contributed by atoms with van der Waals surface area (Å²) in [6, 6.07) is 7.43. The molecular weight excluding hydrogens is 466 g/mol. The van der Waals surface area contributed by atoms with Crippen molar-refractivity contribution < 1.29 is 14.4 Å². The number of hydrogen-bond acceptors (Lipinski definition) is 6. The summed E-state index contributed by atoms with van der Waals surface area (Å²) >= 11 is 1.13. The fourth-order valence-corrected chi connectivity index (χ4v) is 3.77. The van der Waals surface area contributed by atoms with E-state index in [1.54, 1.807) is 14.1 Å². The quantitative estimate of drug-likeness (QED) is 0.224. The number of guanidine groups is 1. The van der Waals surface area contributed by atoms with E-state index in [0.717, 1.165) is 16.9 Å². The SMILES string of the molecule is CC(=O)Nc1nc(CCc2ccc(N=C(N)N)cc2)c(C(=O)NCCCC(=O)N(C)C)s1.Cl. The number of thiazole rings is 1. The summed E-state index contributed by atoms with van der Waals surface area (Å²) in [6.45, 7) is 1.76. The molecule has 0 aliphatic carbocycles. The second-order valence-corrected chi connectivity index (χ2v) is 8.33. The Balaban J connectivity index is 0.00000544. The lowest BCUT2D eigenvalue weighted by molar-refractivity contribution is -0.128. The van der Waals surface area contributed by atoms with Crippen molar-refractivity contribution in [2.24, 2.45) is 16.5 Å². The average molecular weight is 496 g/mol. The summed E-state index contributed by atoms with van der Waals surface area (Å²) in [5, 5.41) is 5.85. The highest BCUT2D eigenvalue weighted by Crippen LogP contribution is 2.25. The van der Waals surface area contributed by atoms with Gasteiger partial charge in [-0.1, -0.05) is 23.5 Å². The Labute approximate surface area is 203 Å². The number of amides is 3. The van der Waals surface area contributed by atoms with Crippen LogP contribution in [0, 0.1) is 0 Å². The normalized spacial score (nSPS) is 10.0. The first-order valence-corrected chi connectivity index (χ1v) is 10.9. The lowest BCUT2D eigenvalue weighted by atomic mass is 10.1. The molecule has 6 N–H and O–H groups in total. The van der Waals surface area contributed by atoms with Gasteiger partial charge < -0.3 is 27.0 Å². The van der Waals surface area contributed by atoms with Crippen LogP contribution in [0.1, 0.15) is 40.7 Å². The number of rotatable bonds is 10. The maximum atomic E-state index is 12.7. The van der Waals surface area contributed by atoms with Gasteiger partial charge in [-0.3, -0.25) is 14.4 Å². The zero-order valence-corrected chi connectivity index (χ0v) is 20.5. The molecule has 2 rings (SSSR count). The molecule has 180 valence electrons. The minimum atomic E-state index is -0.269. The highest BCUT2D eigenvalue weighted by atomic mass is 35.5.